The molecular weight excluding hydrogens is 308 g/mol. The minimum atomic E-state index is -3.94. The molecule has 1 aromatic heterocycles. The smallest absolute Gasteiger partial charge is 0.273 e. The van der Waals surface area contributed by atoms with Gasteiger partial charge >= 0.3 is 0 Å². The second kappa shape index (κ2) is 6.20. The molecule has 10 heteroatoms. The lowest BCUT2D eigenvalue weighted by atomic mass is 10.3. The molecule has 0 spiro atoms. The van der Waals surface area contributed by atoms with Crippen LogP contribution in [0.2, 0.25) is 0 Å². The molecule has 18 heavy (non-hydrogen) atoms. The molecule has 0 atom stereocenters. The second-order valence-corrected chi connectivity index (χ2v) is 6.66. The molecule has 0 aromatic carbocycles. The molecule has 1 heterocycles. The lowest BCUT2D eigenvalue weighted by Crippen LogP contribution is -2.41. The minimum absolute atomic E-state index is 0. The van der Waals surface area contributed by atoms with Gasteiger partial charge in [-0.25, -0.2) is 26.9 Å². The van der Waals surface area contributed by atoms with Gasteiger partial charge in [0, 0.05) is 0 Å². The zero-order chi connectivity index (χ0) is 13.3. The number of thiazole rings is 1. The van der Waals surface area contributed by atoms with Crippen molar-refractivity contribution in [2.45, 2.75) is 24.0 Å². The van der Waals surface area contributed by atoms with E-state index in [1.54, 1.807) is 6.92 Å². The number of hydrogen-bond donors (Lipinski definition) is 2. The van der Waals surface area contributed by atoms with Gasteiger partial charge in [-0.15, -0.1) is 23.7 Å². The number of rotatable bonds is 5. The molecule has 0 aliphatic heterocycles. The molecule has 0 aliphatic rings. The number of aryl methyl sites for hydroxylation is 2. The molecule has 5 nitrogen and oxygen atoms in total. The summed E-state index contributed by atoms with van der Waals surface area (Å²) in [6.07, 6.45) is 0. The fraction of sp³-hybridized carbons (Fsp3) is 0.625. The van der Waals surface area contributed by atoms with E-state index in [1.165, 1.54) is 6.92 Å². The standard InChI is InChI=1S/C8H13F2N3O2S2.ClH/c1-5-7(16-6(2)13-5)17(14,15)12-4-8(9,10)3-11;/h12H,3-4,11H2,1-2H3;1H. The maximum absolute atomic E-state index is 12.8. The van der Waals surface area contributed by atoms with Crippen LogP contribution in [0.4, 0.5) is 8.78 Å². The van der Waals surface area contributed by atoms with Crippen LogP contribution >= 0.6 is 23.7 Å². The van der Waals surface area contributed by atoms with Crippen LogP contribution in [0, 0.1) is 13.8 Å². The molecular formula is C8H14ClF2N3O2S2. The Morgan fingerprint density at radius 1 is 1.44 bits per heavy atom. The molecule has 0 aliphatic carbocycles. The lowest BCUT2D eigenvalue weighted by Gasteiger charge is -2.14. The van der Waals surface area contributed by atoms with Crippen LogP contribution < -0.4 is 10.5 Å². The first kappa shape index (κ1) is 17.6. The Labute approximate surface area is 114 Å². The molecule has 0 unspecified atom stereocenters. The summed E-state index contributed by atoms with van der Waals surface area (Å²) >= 11 is 0.942. The summed E-state index contributed by atoms with van der Waals surface area (Å²) in [5.74, 6) is -3.25. The SMILES string of the molecule is Cc1nc(C)c(S(=O)(=O)NCC(F)(F)CN)s1.Cl. The van der Waals surface area contributed by atoms with Gasteiger partial charge < -0.3 is 5.73 Å². The first-order valence-electron chi connectivity index (χ1n) is 4.69. The summed E-state index contributed by atoms with van der Waals surface area (Å²) in [7, 11) is -3.94. The third kappa shape index (κ3) is 4.39. The third-order valence-corrected chi connectivity index (χ3v) is 5.01. The Kier molecular flexibility index (Phi) is 6.08. The molecule has 1 rings (SSSR count). The largest absolute Gasteiger partial charge is 0.325 e. The lowest BCUT2D eigenvalue weighted by molar-refractivity contribution is 0.0170. The van der Waals surface area contributed by atoms with E-state index in [-0.39, 0.29) is 16.6 Å². The quantitative estimate of drug-likeness (QED) is 0.849. The summed E-state index contributed by atoms with van der Waals surface area (Å²) in [5, 5.41) is 0.563. The van der Waals surface area contributed by atoms with Gasteiger partial charge in [0.1, 0.15) is 0 Å². The highest BCUT2D eigenvalue weighted by atomic mass is 35.5. The van der Waals surface area contributed by atoms with Crippen LogP contribution in [0.25, 0.3) is 0 Å². The minimum Gasteiger partial charge on any atom is -0.325 e. The topological polar surface area (TPSA) is 85.1 Å². The molecule has 0 amide bonds. The van der Waals surface area contributed by atoms with E-state index in [0.717, 1.165) is 11.3 Å². The second-order valence-electron chi connectivity index (χ2n) is 3.49. The number of hydrogen-bond acceptors (Lipinski definition) is 5. The first-order chi connectivity index (χ1) is 7.68. The van der Waals surface area contributed by atoms with E-state index in [9.17, 15) is 17.2 Å². The Morgan fingerprint density at radius 3 is 2.39 bits per heavy atom. The van der Waals surface area contributed by atoms with Crippen LogP contribution in [0.15, 0.2) is 4.21 Å². The number of halogens is 3. The van der Waals surface area contributed by atoms with Crippen LogP contribution in [0.5, 0.6) is 0 Å². The number of nitrogens with zero attached hydrogens (tertiary/aromatic N) is 1. The number of nitrogens with one attached hydrogen (secondary N) is 1. The molecule has 1 aromatic rings. The molecule has 0 saturated carbocycles. The van der Waals surface area contributed by atoms with Crippen molar-refractivity contribution >= 4 is 33.8 Å². The van der Waals surface area contributed by atoms with Gasteiger partial charge in [-0.1, -0.05) is 0 Å². The zero-order valence-corrected chi connectivity index (χ0v) is 12.2. The van der Waals surface area contributed by atoms with Crippen molar-refractivity contribution in [3.8, 4) is 0 Å². The average Bonchev–Trinajstić information content (AvgIpc) is 2.56. The maximum Gasteiger partial charge on any atom is 0.273 e. The Balaban J connectivity index is 0.00000289. The summed E-state index contributed by atoms with van der Waals surface area (Å²) in [4.78, 5) is 3.93. The molecule has 0 radical (unpaired) electrons. The Hall–Kier alpha value is -0.350. The number of sulfonamides is 1. The fourth-order valence-corrected chi connectivity index (χ4v) is 3.69. The van der Waals surface area contributed by atoms with Crippen molar-refractivity contribution in [3.63, 3.8) is 0 Å². The predicted molar refractivity (Wildman–Crippen MR) is 68.0 cm³/mol. The summed E-state index contributed by atoms with van der Waals surface area (Å²) < 4.78 is 50.9. The van der Waals surface area contributed by atoms with Gasteiger partial charge in [0.05, 0.1) is 23.8 Å². The van der Waals surface area contributed by atoms with Crippen molar-refractivity contribution in [1.29, 1.82) is 0 Å². The summed E-state index contributed by atoms with van der Waals surface area (Å²) in [5.41, 5.74) is 5.12. The zero-order valence-electron chi connectivity index (χ0n) is 9.74. The van der Waals surface area contributed by atoms with Crippen LogP contribution in [-0.4, -0.2) is 32.4 Å². The Bertz CT molecular complexity index is 504. The van der Waals surface area contributed by atoms with Crippen LogP contribution in [0.3, 0.4) is 0 Å². The van der Waals surface area contributed by atoms with Crippen molar-refractivity contribution in [3.05, 3.63) is 10.7 Å². The van der Waals surface area contributed by atoms with Gasteiger partial charge in [0.15, 0.2) is 4.21 Å². The van der Waals surface area contributed by atoms with E-state index in [1.807, 2.05) is 4.72 Å². The van der Waals surface area contributed by atoms with Gasteiger partial charge in [0.2, 0.25) is 0 Å². The summed E-state index contributed by atoms with van der Waals surface area (Å²) in [6, 6.07) is 0. The van der Waals surface area contributed by atoms with E-state index in [2.05, 4.69) is 4.98 Å². The van der Waals surface area contributed by atoms with Crippen LogP contribution in [0.1, 0.15) is 10.7 Å². The molecule has 0 bridgehead atoms. The molecule has 0 fully saturated rings. The van der Waals surface area contributed by atoms with E-state index < -0.39 is 29.0 Å². The molecule has 3 N–H and O–H groups in total. The van der Waals surface area contributed by atoms with Gasteiger partial charge in [0.25, 0.3) is 15.9 Å². The van der Waals surface area contributed by atoms with Crippen LogP contribution in [-0.2, 0) is 10.0 Å². The van der Waals surface area contributed by atoms with E-state index in [0.29, 0.717) is 10.7 Å². The molecule has 0 saturated heterocycles. The van der Waals surface area contributed by atoms with Crippen molar-refractivity contribution in [2.75, 3.05) is 13.1 Å². The van der Waals surface area contributed by atoms with E-state index in [4.69, 9.17) is 5.73 Å². The number of aromatic nitrogens is 1. The highest BCUT2D eigenvalue weighted by molar-refractivity contribution is 7.91. The monoisotopic (exact) mass is 321 g/mol. The summed E-state index contributed by atoms with van der Waals surface area (Å²) in [6.45, 7) is 1.24. The van der Waals surface area contributed by atoms with Crippen molar-refractivity contribution in [1.82, 2.24) is 9.71 Å². The third-order valence-electron chi connectivity index (χ3n) is 1.92. The van der Waals surface area contributed by atoms with Crippen molar-refractivity contribution < 1.29 is 17.2 Å². The molecule has 106 valence electrons. The fourth-order valence-electron chi connectivity index (χ4n) is 1.10. The first-order valence-corrected chi connectivity index (χ1v) is 6.99. The predicted octanol–water partition coefficient (Wildman–Crippen LogP) is 1.05. The highest BCUT2D eigenvalue weighted by Gasteiger charge is 2.30. The maximum atomic E-state index is 12.8. The average molecular weight is 322 g/mol. The number of alkyl halides is 2. The van der Waals surface area contributed by atoms with Crippen molar-refractivity contribution in [2.24, 2.45) is 5.73 Å². The Morgan fingerprint density at radius 2 is 2.00 bits per heavy atom. The van der Waals surface area contributed by atoms with Gasteiger partial charge in [-0.3, -0.25) is 0 Å². The highest BCUT2D eigenvalue weighted by Crippen LogP contribution is 2.23. The number of nitrogens with two attached hydrogens (primary N) is 1. The van der Waals surface area contributed by atoms with E-state index >= 15 is 0 Å². The van der Waals surface area contributed by atoms with Gasteiger partial charge in [-0.2, -0.15) is 0 Å². The van der Waals surface area contributed by atoms with Gasteiger partial charge in [-0.05, 0) is 13.8 Å². The normalized spacial score (nSPS) is 12.3.